The predicted molar refractivity (Wildman–Crippen MR) is 81.8 cm³/mol. The van der Waals surface area contributed by atoms with Gasteiger partial charge in [0.25, 0.3) is 0 Å². The summed E-state index contributed by atoms with van der Waals surface area (Å²) in [7, 11) is 0. The van der Waals surface area contributed by atoms with Gasteiger partial charge in [0, 0.05) is 11.3 Å². The molecule has 0 amide bonds. The van der Waals surface area contributed by atoms with E-state index in [1.165, 1.54) is 11.1 Å². The van der Waals surface area contributed by atoms with Crippen LogP contribution in [-0.4, -0.2) is 11.4 Å². The minimum Gasteiger partial charge on any atom is -0.477 e. The molecular weight excluding hydrogens is 260 g/mol. The van der Waals surface area contributed by atoms with E-state index >= 15 is 0 Å². The van der Waals surface area contributed by atoms with Gasteiger partial charge >= 0.3 is 0 Å². The average Bonchev–Trinajstić information content (AvgIpc) is 2.80. The third-order valence-electron chi connectivity index (χ3n) is 5.15. The van der Waals surface area contributed by atoms with E-state index in [4.69, 9.17) is 4.74 Å². The monoisotopic (exact) mass is 278 g/mol. The highest BCUT2D eigenvalue weighted by Gasteiger charge is 2.80. The summed E-state index contributed by atoms with van der Waals surface area (Å²) >= 11 is 0. The minimum absolute atomic E-state index is 0.116. The number of rotatable bonds is 1. The average molecular weight is 278 g/mol. The summed E-state index contributed by atoms with van der Waals surface area (Å²) in [5, 5.41) is 0. The van der Waals surface area contributed by atoms with Crippen LogP contribution < -0.4 is 4.74 Å². The molecule has 2 heteroatoms. The minimum atomic E-state index is -0.716. The Kier molecular flexibility index (Phi) is 2.26. The van der Waals surface area contributed by atoms with Gasteiger partial charge in [-0.2, -0.15) is 0 Å². The van der Waals surface area contributed by atoms with Gasteiger partial charge in [0.15, 0.2) is 5.60 Å². The first kappa shape index (κ1) is 12.6. The molecule has 2 atom stereocenters. The highest BCUT2D eigenvalue weighted by Crippen LogP contribution is 2.72. The van der Waals surface area contributed by atoms with E-state index in [0.717, 1.165) is 11.3 Å². The van der Waals surface area contributed by atoms with Gasteiger partial charge in [-0.25, -0.2) is 0 Å². The fourth-order valence-corrected chi connectivity index (χ4v) is 3.91. The Morgan fingerprint density at radius 2 is 1.67 bits per heavy atom. The van der Waals surface area contributed by atoms with Crippen LogP contribution in [0.5, 0.6) is 5.75 Å². The molecule has 1 aliphatic carbocycles. The number of hydrogen-bond donors (Lipinski definition) is 0. The van der Waals surface area contributed by atoms with Crippen LogP contribution in [0.4, 0.5) is 0 Å². The topological polar surface area (TPSA) is 26.3 Å². The number of hydrogen-bond acceptors (Lipinski definition) is 2. The molecule has 2 nitrogen and oxygen atoms in total. The van der Waals surface area contributed by atoms with Gasteiger partial charge in [-0.05, 0) is 24.6 Å². The van der Waals surface area contributed by atoms with Gasteiger partial charge in [-0.1, -0.05) is 55.8 Å². The van der Waals surface area contributed by atoms with E-state index in [1.54, 1.807) is 0 Å². The summed E-state index contributed by atoms with van der Waals surface area (Å²) in [5.74, 6) is 0.976. The second-order valence-electron chi connectivity index (χ2n) is 6.73. The molecule has 4 rings (SSSR count). The lowest BCUT2D eigenvalue weighted by molar-refractivity contribution is 0.0748. The molecule has 21 heavy (non-hydrogen) atoms. The van der Waals surface area contributed by atoms with E-state index in [0.29, 0.717) is 0 Å². The molecule has 1 fully saturated rings. The van der Waals surface area contributed by atoms with Crippen LogP contribution >= 0.6 is 0 Å². The third-order valence-corrected chi connectivity index (χ3v) is 5.15. The van der Waals surface area contributed by atoms with E-state index < -0.39 is 5.60 Å². The van der Waals surface area contributed by atoms with Gasteiger partial charge in [0.05, 0.1) is 5.56 Å². The number of ketones is 1. The Balaban J connectivity index is 1.80. The summed E-state index contributed by atoms with van der Waals surface area (Å²) < 4.78 is 6.18. The predicted octanol–water partition coefficient (Wildman–Crippen LogP) is 4.13. The molecule has 0 saturated heterocycles. The SMILES string of the molecule is Cc1ccc([C@H]2C(C)(C)[C@@]23Oc2ccccc2C3=O)cc1. The fourth-order valence-electron chi connectivity index (χ4n) is 3.91. The Hall–Kier alpha value is -2.09. The van der Waals surface area contributed by atoms with Crippen molar-refractivity contribution in [1.82, 2.24) is 0 Å². The zero-order valence-electron chi connectivity index (χ0n) is 12.5. The summed E-state index contributed by atoms with van der Waals surface area (Å²) in [4.78, 5) is 12.9. The zero-order valence-corrected chi connectivity index (χ0v) is 12.5. The van der Waals surface area contributed by atoms with Gasteiger partial charge < -0.3 is 4.74 Å². The van der Waals surface area contributed by atoms with Crippen molar-refractivity contribution in [3.8, 4) is 5.75 Å². The van der Waals surface area contributed by atoms with Crippen LogP contribution in [0.2, 0.25) is 0 Å². The second kappa shape index (κ2) is 3.76. The third kappa shape index (κ3) is 1.40. The molecule has 1 heterocycles. The van der Waals surface area contributed by atoms with Crippen LogP contribution in [0, 0.1) is 12.3 Å². The van der Waals surface area contributed by atoms with Crippen LogP contribution in [0.3, 0.4) is 0 Å². The van der Waals surface area contributed by atoms with Crippen LogP contribution in [0.25, 0.3) is 0 Å². The normalized spacial score (nSPS) is 28.3. The van der Waals surface area contributed by atoms with E-state index in [-0.39, 0.29) is 17.1 Å². The van der Waals surface area contributed by atoms with E-state index in [1.807, 2.05) is 24.3 Å². The summed E-state index contributed by atoms with van der Waals surface area (Å²) in [6, 6.07) is 16.0. The second-order valence-corrected chi connectivity index (χ2v) is 6.73. The molecule has 1 aliphatic heterocycles. The fraction of sp³-hybridized carbons (Fsp3) is 0.316. The Labute approximate surface area is 124 Å². The summed E-state index contributed by atoms with van der Waals surface area (Å²) in [6.07, 6.45) is 0. The lowest BCUT2D eigenvalue weighted by Gasteiger charge is -2.12. The van der Waals surface area contributed by atoms with Crippen molar-refractivity contribution in [3.05, 3.63) is 65.2 Å². The quantitative estimate of drug-likeness (QED) is 0.784. The summed E-state index contributed by atoms with van der Waals surface area (Å²) in [6.45, 7) is 6.33. The molecule has 0 N–H and O–H groups in total. The lowest BCUT2D eigenvalue weighted by atomic mass is 10.0. The van der Waals surface area contributed by atoms with Crippen LogP contribution in [0.15, 0.2) is 48.5 Å². The van der Waals surface area contributed by atoms with Crippen molar-refractivity contribution in [2.45, 2.75) is 32.3 Å². The first-order valence-electron chi connectivity index (χ1n) is 7.38. The maximum absolute atomic E-state index is 12.9. The number of benzene rings is 2. The molecule has 1 spiro atoms. The van der Waals surface area contributed by atoms with Crippen molar-refractivity contribution in [2.24, 2.45) is 5.41 Å². The molecule has 1 saturated carbocycles. The molecule has 0 aromatic heterocycles. The molecule has 0 radical (unpaired) electrons. The zero-order chi connectivity index (χ0) is 14.8. The Morgan fingerprint density at radius 1 is 1.00 bits per heavy atom. The van der Waals surface area contributed by atoms with Crippen molar-refractivity contribution in [3.63, 3.8) is 0 Å². The summed E-state index contributed by atoms with van der Waals surface area (Å²) in [5.41, 5.74) is 2.24. The number of carbonyl (C=O) groups is 1. The molecule has 2 aromatic carbocycles. The number of ether oxygens (including phenoxy) is 1. The van der Waals surface area contributed by atoms with Gasteiger partial charge in [0.1, 0.15) is 5.75 Å². The standard InChI is InChI=1S/C19H18O2/c1-12-8-10-13(11-9-12)16-18(2,3)19(16)17(20)14-6-4-5-7-15(14)21-19/h4-11,16H,1-3H3/t16-,19+/m0/s1. The molecule has 106 valence electrons. The molecule has 0 unspecified atom stereocenters. The molecule has 0 bridgehead atoms. The first-order chi connectivity index (χ1) is 9.98. The van der Waals surface area contributed by atoms with Gasteiger partial charge in [0.2, 0.25) is 5.78 Å². The Morgan fingerprint density at radius 3 is 2.33 bits per heavy atom. The first-order valence-corrected chi connectivity index (χ1v) is 7.38. The van der Waals surface area contributed by atoms with Crippen molar-refractivity contribution < 1.29 is 9.53 Å². The van der Waals surface area contributed by atoms with Gasteiger partial charge in [-0.15, -0.1) is 0 Å². The molecule has 2 aliphatic rings. The van der Waals surface area contributed by atoms with E-state index in [9.17, 15) is 4.79 Å². The maximum atomic E-state index is 12.9. The number of aryl methyl sites for hydroxylation is 1. The molecule has 2 aromatic rings. The molecular formula is C19H18O2. The maximum Gasteiger partial charge on any atom is 0.211 e. The number of para-hydroxylation sites is 1. The van der Waals surface area contributed by atoms with Gasteiger partial charge in [-0.3, -0.25) is 4.79 Å². The smallest absolute Gasteiger partial charge is 0.211 e. The number of carbonyl (C=O) groups excluding carboxylic acids is 1. The van der Waals surface area contributed by atoms with Crippen molar-refractivity contribution >= 4 is 5.78 Å². The van der Waals surface area contributed by atoms with Crippen molar-refractivity contribution in [2.75, 3.05) is 0 Å². The highest BCUT2D eigenvalue weighted by atomic mass is 16.5. The largest absolute Gasteiger partial charge is 0.477 e. The van der Waals surface area contributed by atoms with Crippen LogP contribution in [0.1, 0.15) is 41.3 Å². The van der Waals surface area contributed by atoms with Crippen LogP contribution in [-0.2, 0) is 0 Å². The van der Waals surface area contributed by atoms with Crippen molar-refractivity contribution in [1.29, 1.82) is 0 Å². The number of Topliss-reactive ketones (excluding diaryl/α,β-unsaturated/α-hetero) is 1. The van der Waals surface area contributed by atoms with E-state index in [2.05, 4.69) is 45.0 Å². The Bertz CT molecular complexity index is 742. The highest BCUT2D eigenvalue weighted by molar-refractivity contribution is 6.11. The number of fused-ring (bicyclic) bond motifs is 1. The lowest BCUT2D eigenvalue weighted by Crippen LogP contribution is -2.29.